The minimum atomic E-state index is 0.186. The third-order valence-electron chi connectivity index (χ3n) is 2.59. The minimum Gasteiger partial charge on any atom is -0.246 e. The average Bonchev–Trinajstić information content (AvgIpc) is 2.63. The smallest absolute Gasteiger partial charge is 0.0928 e. The molecule has 0 amide bonds. The molecule has 1 aromatic heterocycles. The van der Waals surface area contributed by atoms with Crippen molar-refractivity contribution in [2.24, 2.45) is 0 Å². The molecule has 1 heterocycles. The van der Waals surface area contributed by atoms with Crippen molar-refractivity contribution in [3.8, 4) is 0 Å². The first-order valence-corrected chi connectivity index (χ1v) is 7.82. The summed E-state index contributed by atoms with van der Waals surface area (Å²) in [6.07, 6.45) is 4.82. The van der Waals surface area contributed by atoms with Crippen LogP contribution in [0, 0.1) is 0 Å². The molecule has 0 aliphatic heterocycles. The van der Waals surface area contributed by atoms with Crippen LogP contribution in [-0.4, -0.2) is 9.81 Å². The summed E-state index contributed by atoms with van der Waals surface area (Å²) in [6.45, 7) is 8.89. The summed E-state index contributed by atoms with van der Waals surface area (Å²) in [6, 6.07) is 0. The van der Waals surface area contributed by atoms with E-state index in [1.807, 2.05) is 0 Å². The van der Waals surface area contributed by atoms with Gasteiger partial charge in [-0.15, -0.1) is 11.3 Å². The van der Waals surface area contributed by atoms with E-state index in [-0.39, 0.29) is 5.41 Å². The van der Waals surface area contributed by atoms with Crippen molar-refractivity contribution in [1.29, 1.82) is 0 Å². The first-order chi connectivity index (χ1) is 7.43. The average molecular weight is 304 g/mol. The molecule has 1 nitrogen and oxygen atoms in total. The van der Waals surface area contributed by atoms with Crippen LogP contribution in [0.4, 0.5) is 0 Å². The Morgan fingerprint density at radius 1 is 1.38 bits per heavy atom. The molecule has 0 N–H and O–H groups in total. The van der Waals surface area contributed by atoms with E-state index in [0.717, 1.165) is 6.42 Å². The summed E-state index contributed by atoms with van der Waals surface area (Å²) in [5.74, 6) is 0. The Labute approximate surface area is 112 Å². The van der Waals surface area contributed by atoms with Crippen LogP contribution in [0.15, 0.2) is 5.38 Å². The summed E-state index contributed by atoms with van der Waals surface area (Å²) in [7, 11) is 0. The van der Waals surface area contributed by atoms with Gasteiger partial charge in [-0.1, -0.05) is 50.0 Å². The van der Waals surface area contributed by atoms with Crippen LogP contribution in [0.1, 0.15) is 57.7 Å². The van der Waals surface area contributed by atoms with Crippen molar-refractivity contribution in [1.82, 2.24) is 4.98 Å². The van der Waals surface area contributed by atoms with Gasteiger partial charge in [-0.3, -0.25) is 0 Å². The van der Waals surface area contributed by atoms with Crippen molar-refractivity contribution in [3.63, 3.8) is 0 Å². The Hall–Kier alpha value is 0.110. The number of hydrogen-bond donors (Lipinski definition) is 0. The molecule has 16 heavy (non-hydrogen) atoms. The molecule has 3 heteroatoms. The minimum absolute atomic E-state index is 0.186. The second kappa shape index (κ2) is 6.15. The Bertz CT molecular complexity index is 314. The first-order valence-electron chi connectivity index (χ1n) is 6.02. The molecule has 0 saturated heterocycles. The van der Waals surface area contributed by atoms with Gasteiger partial charge in [0.05, 0.1) is 10.7 Å². The van der Waals surface area contributed by atoms with Gasteiger partial charge in [0, 0.05) is 22.0 Å². The van der Waals surface area contributed by atoms with Crippen molar-refractivity contribution in [3.05, 3.63) is 16.1 Å². The molecule has 0 bridgehead atoms. The molecular formula is C13H22BrNS. The van der Waals surface area contributed by atoms with Crippen molar-refractivity contribution >= 4 is 27.3 Å². The summed E-state index contributed by atoms with van der Waals surface area (Å²) in [5, 5.41) is 3.49. The zero-order valence-electron chi connectivity index (χ0n) is 10.7. The maximum absolute atomic E-state index is 4.71. The second-order valence-corrected chi connectivity index (χ2v) is 7.54. The molecule has 0 saturated carbocycles. The van der Waals surface area contributed by atoms with E-state index in [1.165, 1.54) is 30.0 Å². The van der Waals surface area contributed by atoms with Crippen LogP contribution in [0.3, 0.4) is 0 Å². The van der Waals surface area contributed by atoms with Crippen molar-refractivity contribution in [2.75, 3.05) is 0 Å². The first kappa shape index (κ1) is 14.2. The Balaban J connectivity index is 2.47. The summed E-state index contributed by atoms with van der Waals surface area (Å²) in [4.78, 5) is 5.36. The number of nitrogens with zero attached hydrogens (tertiary/aromatic N) is 1. The number of aromatic nitrogens is 1. The predicted molar refractivity (Wildman–Crippen MR) is 76.8 cm³/mol. The molecule has 0 fully saturated rings. The third kappa shape index (κ3) is 4.54. The highest BCUT2D eigenvalue weighted by Crippen LogP contribution is 2.25. The summed E-state index contributed by atoms with van der Waals surface area (Å²) >= 11 is 5.52. The van der Waals surface area contributed by atoms with Crippen LogP contribution in [-0.2, 0) is 11.8 Å². The van der Waals surface area contributed by atoms with Crippen LogP contribution < -0.4 is 0 Å². The van der Waals surface area contributed by atoms with Crippen molar-refractivity contribution < 1.29 is 0 Å². The summed E-state index contributed by atoms with van der Waals surface area (Å²) < 4.78 is 0. The van der Waals surface area contributed by atoms with Gasteiger partial charge >= 0.3 is 0 Å². The SMILES string of the molecule is CCCC(Br)CCc1nc(C(C)(C)C)cs1. The van der Waals surface area contributed by atoms with Gasteiger partial charge in [-0.05, 0) is 12.8 Å². The summed E-state index contributed by atoms with van der Waals surface area (Å²) in [5.41, 5.74) is 1.42. The van der Waals surface area contributed by atoms with Crippen LogP contribution in [0.25, 0.3) is 0 Å². The number of alkyl halides is 1. The highest BCUT2D eigenvalue weighted by molar-refractivity contribution is 9.09. The van der Waals surface area contributed by atoms with Crippen LogP contribution >= 0.6 is 27.3 Å². The zero-order valence-corrected chi connectivity index (χ0v) is 13.1. The van der Waals surface area contributed by atoms with Gasteiger partial charge in [0.1, 0.15) is 0 Å². The van der Waals surface area contributed by atoms with E-state index >= 15 is 0 Å². The molecular weight excluding hydrogens is 282 g/mol. The lowest BCUT2D eigenvalue weighted by molar-refractivity contribution is 0.569. The molecule has 1 atom stereocenters. The monoisotopic (exact) mass is 303 g/mol. The van der Waals surface area contributed by atoms with Crippen LogP contribution in [0.5, 0.6) is 0 Å². The quantitative estimate of drug-likeness (QED) is 0.702. The molecule has 1 unspecified atom stereocenters. The normalized spacial score (nSPS) is 14.1. The topological polar surface area (TPSA) is 12.9 Å². The molecule has 1 aromatic rings. The van der Waals surface area contributed by atoms with Gasteiger partial charge in [0.2, 0.25) is 0 Å². The van der Waals surface area contributed by atoms with E-state index in [9.17, 15) is 0 Å². The maximum Gasteiger partial charge on any atom is 0.0928 e. The molecule has 0 aromatic carbocycles. The number of thiazole rings is 1. The standard InChI is InChI=1S/C13H22BrNS/c1-5-6-10(14)7-8-12-15-11(9-16-12)13(2,3)4/h9-10H,5-8H2,1-4H3. The Morgan fingerprint density at radius 2 is 2.06 bits per heavy atom. The molecule has 0 spiro atoms. The van der Waals surface area contributed by atoms with E-state index in [1.54, 1.807) is 11.3 Å². The van der Waals surface area contributed by atoms with E-state index < -0.39 is 0 Å². The van der Waals surface area contributed by atoms with Gasteiger partial charge in [-0.2, -0.15) is 0 Å². The largest absolute Gasteiger partial charge is 0.246 e. The van der Waals surface area contributed by atoms with Gasteiger partial charge < -0.3 is 0 Å². The molecule has 92 valence electrons. The van der Waals surface area contributed by atoms with Crippen LogP contribution in [0.2, 0.25) is 0 Å². The number of rotatable bonds is 5. The number of hydrogen-bond acceptors (Lipinski definition) is 2. The molecule has 1 rings (SSSR count). The van der Waals surface area contributed by atoms with E-state index in [4.69, 9.17) is 4.98 Å². The lowest BCUT2D eigenvalue weighted by atomic mass is 9.93. The Morgan fingerprint density at radius 3 is 2.56 bits per heavy atom. The third-order valence-corrected chi connectivity index (χ3v) is 4.42. The lowest BCUT2D eigenvalue weighted by Gasteiger charge is -2.14. The predicted octanol–water partition coefficient (Wildman–Crippen LogP) is 4.94. The second-order valence-electron chi connectivity index (χ2n) is 5.30. The molecule has 0 aliphatic rings. The zero-order chi connectivity index (χ0) is 12.2. The number of aryl methyl sites for hydroxylation is 1. The van der Waals surface area contributed by atoms with Gasteiger partial charge in [0.15, 0.2) is 0 Å². The van der Waals surface area contributed by atoms with E-state index in [0.29, 0.717) is 4.83 Å². The highest BCUT2D eigenvalue weighted by atomic mass is 79.9. The highest BCUT2D eigenvalue weighted by Gasteiger charge is 2.17. The Kier molecular flexibility index (Phi) is 5.45. The van der Waals surface area contributed by atoms with Gasteiger partial charge in [-0.25, -0.2) is 4.98 Å². The lowest BCUT2D eigenvalue weighted by Crippen LogP contribution is -2.11. The fourth-order valence-corrected chi connectivity index (χ4v) is 3.24. The molecule has 0 radical (unpaired) electrons. The molecule has 0 aliphatic carbocycles. The van der Waals surface area contributed by atoms with Crippen molar-refractivity contribution in [2.45, 2.75) is 63.6 Å². The maximum atomic E-state index is 4.71. The van der Waals surface area contributed by atoms with Gasteiger partial charge in [0.25, 0.3) is 0 Å². The fraction of sp³-hybridized carbons (Fsp3) is 0.769. The number of halogens is 1. The fourth-order valence-electron chi connectivity index (χ4n) is 1.51. The van der Waals surface area contributed by atoms with E-state index in [2.05, 4.69) is 49.0 Å².